The molecule has 17 heavy (non-hydrogen) atoms. The second-order valence-corrected chi connectivity index (χ2v) is 4.12. The molecule has 0 amide bonds. The number of anilines is 1. The maximum absolute atomic E-state index is 13.6. The van der Waals surface area contributed by atoms with Gasteiger partial charge in [-0.15, -0.1) is 0 Å². The van der Waals surface area contributed by atoms with Crippen LogP contribution in [0.25, 0.3) is 0 Å². The van der Waals surface area contributed by atoms with Gasteiger partial charge in [0.05, 0.1) is 22.4 Å². The molecular weight excluding hydrogens is 239 g/mol. The molecule has 0 aliphatic carbocycles. The van der Waals surface area contributed by atoms with Crippen molar-refractivity contribution in [3.05, 3.63) is 59.1 Å². The van der Waals surface area contributed by atoms with Gasteiger partial charge < -0.3 is 5.32 Å². The lowest BCUT2D eigenvalue weighted by Crippen LogP contribution is -2.09. The highest BCUT2D eigenvalue weighted by Gasteiger charge is 2.11. The molecule has 1 atom stereocenters. The zero-order valence-electron chi connectivity index (χ0n) is 9.32. The van der Waals surface area contributed by atoms with E-state index in [-0.39, 0.29) is 11.9 Å². The minimum Gasteiger partial charge on any atom is -0.373 e. The Labute approximate surface area is 104 Å². The molecule has 0 bridgehead atoms. The molecule has 2 rings (SSSR count). The number of halogens is 2. The first kappa shape index (κ1) is 11.9. The molecule has 0 spiro atoms. The van der Waals surface area contributed by atoms with E-state index in [1.54, 1.807) is 18.3 Å². The predicted octanol–water partition coefficient (Wildman–Crippen LogP) is 4.05. The largest absolute Gasteiger partial charge is 0.373 e. The van der Waals surface area contributed by atoms with Gasteiger partial charge in [-0.25, -0.2) is 4.39 Å². The molecule has 0 fully saturated rings. The predicted molar refractivity (Wildman–Crippen MR) is 67.7 cm³/mol. The number of nitrogens with zero attached hydrogens (tertiary/aromatic N) is 1. The van der Waals surface area contributed by atoms with Crippen molar-refractivity contribution in [2.75, 3.05) is 5.32 Å². The minimum atomic E-state index is -0.361. The molecule has 0 aliphatic rings. The normalized spacial score (nSPS) is 12.2. The summed E-state index contributed by atoms with van der Waals surface area (Å²) in [7, 11) is 0. The molecule has 0 aliphatic heterocycles. The molecule has 1 unspecified atom stereocenters. The van der Waals surface area contributed by atoms with Gasteiger partial charge >= 0.3 is 0 Å². The second-order valence-electron chi connectivity index (χ2n) is 3.72. The van der Waals surface area contributed by atoms with Gasteiger partial charge in [-0.3, -0.25) is 4.98 Å². The smallest absolute Gasteiger partial charge is 0.147 e. The van der Waals surface area contributed by atoms with E-state index in [1.165, 1.54) is 6.07 Å². The van der Waals surface area contributed by atoms with Crippen LogP contribution < -0.4 is 5.32 Å². The zero-order chi connectivity index (χ0) is 12.3. The van der Waals surface area contributed by atoms with Crippen molar-refractivity contribution in [1.82, 2.24) is 4.98 Å². The van der Waals surface area contributed by atoms with E-state index in [1.807, 2.05) is 25.1 Å². The van der Waals surface area contributed by atoms with Crippen LogP contribution >= 0.6 is 11.6 Å². The van der Waals surface area contributed by atoms with Crippen molar-refractivity contribution in [2.24, 2.45) is 0 Å². The highest BCUT2D eigenvalue weighted by Crippen LogP contribution is 2.28. The van der Waals surface area contributed by atoms with Gasteiger partial charge in [0, 0.05) is 6.20 Å². The van der Waals surface area contributed by atoms with Crippen LogP contribution in [-0.2, 0) is 0 Å². The Morgan fingerprint density at radius 2 is 2.06 bits per heavy atom. The molecule has 1 N–H and O–H groups in total. The molecule has 1 aromatic carbocycles. The number of rotatable bonds is 3. The van der Waals surface area contributed by atoms with Gasteiger partial charge in [0.1, 0.15) is 5.82 Å². The second kappa shape index (κ2) is 5.15. The molecule has 88 valence electrons. The average Bonchev–Trinajstić information content (AvgIpc) is 2.35. The Balaban J connectivity index is 2.22. The summed E-state index contributed by atoms with van der Waals surface area (Å²) in [5, 5.41) is 3.39. The Kier molecular flexibility index (Phi) is 3.59. The van der Waals surface area contributed by atoms with Crippen molar-refractivity contribution < 1.29 is 4.39 Å². The minimum absolute atomic E-state index is 0.106. The van der Waals surface area contributed by atoms with E-state index < -0.39 is 0 Å². The van der Waals surface area contributed by atoms with Crippen molar-refractivity contribution in [1.29, 1.82) is 0 Å². The number of pyridine rings is 1. The number of benzene rings is 1. The van der Waals surface area contributed by atoms with Crippen LogP contribution in [0.3, 0.4) is 0 Å². The third-order valence-electron chi connectivity index (χ3n) is 2.46. The summed E-state index contributed by atoms with van der Waals surface area (Å²) in [6, 6.07) is 10.1. The van der Waals surface area contributed by atoms with Gasteiger partial charge in [-0.05, 0) is 31.2 Å². The number of nitrogens with one attached hydrogen (secondary N) is 1. The Morgan fingerprint density at radius 1 is 1.24 bits per heavy atom. The van der Waals surface area contributed by atoms with Crippen LogP contribution in [0.4, 0.5) is 10.1 Å². The lowest BCUT2D eigenvalue weighted by molar-refractivity contribution is 0.627. The van der Waals surface area contributed by atoms with Crippen molar-refractivity contribution in [3.8, 4) is 0 Å². The third-order valence-corrected chi connectivity index (χ3v) is 2.77. The molecule has 2 aromatic rings. The summed E-state index contributed by atoms with van der Waals surface area (Å²) in [4.78, 5) is 4.21. The van der Waals surface area contributed by atoms with Crippen LogP contribution in [0.5, 0.6) is 0 Å². The van der Waals surface area contributed by atoms with Gasteiger partial charge in [0.15, 0.2) is 0 Å². The zero-order valence-corrected chi connectivity index (χ0v) is 10.1. The van der Waals surface area contributed by atoms with Crippen LogP contribution in [-0.4, -0.2) is 4.98 Å². The van der Waals surface area contributed by atoms with E-state index in [4.69, 9.17) is 11.6 Å². The quantitative estimate of drug-likeness (QED) is 0.889. The third kappa shape index (κ3) is 2.74. The molecule has 1 heterocycles. The monoisotopic (exact) mass is 250 g/mol. The molecule has 1 aromatic heterocycles. The van der Waals surface area contributed by atoms with Crippen LogP contribution in [0.1, 0.15) is 18.7 Å². The lowest BCUT2D eigenvalue weighted by Gasteiger charge is -2.16. The van der Waals surface area contributed by atoms with Crippen molar-refractivity contribution in [3.63, 3.8) is 0 Å². The first-order valence-corrected chi connectivity index (χ1v) is 5.68. The fourth-order valence-corrected chi connectivity index (χ4v) is 1.78. The Hall–Kier alpha value is -1.61. The summed E-state index contributed by atoms with van der Waals surface area (Å²) in [6.07, 6.45) is 1.70. The highest BCUT2D eigenvalue weighted by atomic mass is 35.5. The fraction of sp³-hybridized carbons (Fsp3) is 0.154. The highest BCUT2D eigenvalue weighted by molar-refractivity contribution is 6.33. The lowest BCUT2D eigenvalue weighted by atomic mass is 10.2. The van der Waals surface area contributed by atoms with E-state index >= 15 is 0 Å². The van der Waals surface area contributed by atoms with Crippen LogP contribution in [0.15, 0.2) is 42.6 Å². The number of hydrogen-bond donors (Lipinski definition) is 1. The van der Waals surface area contributed by atoms with Crippen molar-refractivity contribution >= 4 is 17.3 Å². The average molecular weight is 251 g/mol. The Morgan fingerprint density at radius 3 is 2.71 bits per heavy atom. The summed E-state index contributed by atoms with van der Waals surface area (Å²) in [5.41, 5.74) is 1.15. The number of aromatic nitrogens is 1. The molecule has 4 heteroatoms. The van der Waals surface area contributed by atoms with Gasteiger partial charge in [-0.1, -0.05) is 23.7 Å². The number of hydrogen-bond acceptors (Lipinski definition) is 2. The van der Waals surface area contributed by atoms with Gasteiger partial charge in [0.25, 0.3) is 0 Å². The molecular formula is C13H12ClFN2. The fourth-order valence-electron chi connectivity index (χ4n) is 1.56. The van der Waals surface area contributed by atoms with E-state index in [2.05, 4.69) is 10.3 Å². The SMILES string of the molecule is CC(Nc1c(F)cccc1Cl)c1ccccn1. The summed E-state index contributed by atoms with van der Waals surface area (Å²) >= 11 is 5.94. The van der Waals surface area contributed by atoms with Crippen molar-refractivity contribution in [2.45, 2.75) is 13.0 Å². The molecule has 0 saturated heterocycles. The van der Waals surface area contributed by atoms with E-state index in [0.29, 0.717) is 10.7 Å². The standard InChI is InChI=1S/C13H12ClFN2/c1-9(12-7-2-3-8-16-12)17-13-10(14)5-4-6-11(13)15/h2-9,17H,1H3. The summed E-state index contributed by atoms with van der Waals surface area (Å²) in [6.45, 7) is 1.91. The first-order chi connectivity index (χ1) is 8.18. The van der Waals surface area contributed by atoms with Crippen LogP contribution in [0.2, 0.25) is 5.02 Å². The maximum Gasteiger partial charge on any atom is 0.147 e. The molecule has 0 radical (unpaired) electrons. The van der Waals surface area contributed by atoms with Crippen LogP contribution in [0, 0.1) is 5.82 Å². The summed E-state index contributed by atoms with van der Waals surface area (Å²) in [5.74, 6) is -0.361. The Bertz CT molecular complexity index is 482. The molecule has 0 saturated carbocycles. The van der Waals surface area contributed by atoms with E-state index in [0.717, 1.165) is 5.69 Å². The summed E-state index contributed by atoms with van der Waals surface area (Å²) < 4.78 is 13.6. The number of para-hydroxylation sites is 1. The van der Waals surface area contributed by atoms with E-state index in [9.17, 15) is 4.39 Å². The maximum atomic E-state index is 13.6. The van der Waals surface area contributed by atoms with Gasteiger partial charge in [0.2, 0.25) is 0 Å². The first-order valence-electron chi connectivity index (χ1n) is 5.30. The molecule has 2 nitrogen and oxygen atoms in total. The van der Waals surface area contributed by atoms with Gasteiger partial charge in [-0.2, -0.15) is 0 Å². The topological polar surface area (TPSA) is 24.9 Å².